The maximum atomic E-state index is 5.85. The van der Waals surface area contributed by atoms with Crippen molar-refractivity contribution in [3.8, 4) is 11.5 Å². The van der Waals surface area contributed by atoms with Crippen LogP contribution in [0, 0.1) is 0 Å². The fourth-order valence-electron chi connectivity index (χ4n) is 2.20. The Hall–Kier alpha value is -1.37. The Kier molecular flexibility index (Phi) is 5.78. The molecule has 21 heavy (non-hydrogen) atoms. The molecule has 1 atom stereocenters. The Morgan fingerprint density at radius 3 is 2.90 bits per heavy atom. The quantitative estimate of drug-likeness (QED) is 0.802. The van der Waals surface area contributed by atoms with Crippen LogP contribution < -0.4 is 15.2 Å². The predicted octanol–water partition coefficient (Wildman–Crippen LogP) is 1.43. The molecule has 0 amide bonds. The highest BCUT2D eigenvalue weighted by Crippen LogP contribution is 2.29. The van der Waals surface area contributed by atoms with Gasteiger partial charge >= 0.3 is 0 Å². The zero-order chi connectivity index (χ0) is 15.2. The van der Waals surface area contributed by atoms with Crippen molar-refractivity contribution < 1.29 is 14.2 Å². The summed E-state index contributed by atoms with van der Waals surface area (Å²) in [6, 6.07) is 5.50. The van der Waals surface area contributed by atoms with E-state index in [4.69, 9.17) is 32.2 Å². The molecule has 116 valence electrons. The number of benzene rings is 1. The number of nitrogens with zero attached hydrogens (tertiary/aromatic N) is 1. The summed E-state index contributed by atoms with van der Waals surface area (Å²) in [6.07, 6.45) is 0.0773. The van der Waals surface area contributed by atoms with E-state index in [0.29, 0.717) is 29.7 Å². The summed E-state index contributed by atoms with van der Waals surface area (Å²) in [7, 11) is 2.08. The Bertz CT molecular complexity index is 496. The minimum atomic E-state index is 0.0773. The van der Waals surface area contributed by atoms with E-state index in [9.17, 15) is 0 Å². The molecule has 1 saturated heterocycles. The highest BCUT2D eigenvalue weighted by atomic mass is 32.1. The molecule has 0 aliphatic carbocycles. The third kappa shape index (κ3) is 4.56. The summed E-state index contributed by atoms with van der Waals surface area (Å²) < 4.78 is 17.1. The van der Waals surface area contributed by atoms with Crippen LogP contribution in [0.25, 0.3) is 0 Å². The van der Waals surface area contributed by atoms with Gasteiger partial charge in [0, 0.05) is 18.7 Å². The molecule has 0 spiro atoms. The number of rotatable bonds is 6. The lowest BCUT2D eigenvalue weighted by Crippen LogP contribution is -2.42. The van der Waals surface area contributed by atoms with Gasteiger partial charge in [-0.1, -0.05) is 12.2 Å². The topological polar surface area (TPSA) is 57.0 Å². The van der Waals surface area contributed by atoms with Crippen molar-refractivity contribution >= 4 is 17.2 Å². The molecule has 1 aliphatic rings. The van der Waals surface area contributed by atoms with Crippen LogP contribution in [0.5, 0.6) is 11.5 Å². The van der Waals surface area contributed by atoms with E-state index in [1.54, 1.807) is 0 Å². The average Bonchev–Trinajstić information content (AvgIpc) is 2.46. The van der Waals surface area contributed by atoms with Crippen LogP contribution in [0.1, 0.15) is 12.5 Å². The second kappa shape index (κ2) is 7.59. The van der Waals surface area contributed by atoms with Crippen LogP contribution in [-0.2, 0) is 4.74 Å². The molecule has 2 N–H and O–H groups in total. The maximum Gasteiger partial charge on any atom is 0.161 e. The van der Waals surface area contributed by atoms with Crippen LogP contribution in [0.15, 0.2) is 18.2 Å². The molecule has 1 aliphatic heterocycles. The molecule has 1 heterocycles. The first-order valence-corrected chi connectivity index (χ1v) is 7.50. The molecule has 1 unspecified atom stereocenters. The lowest BCUT2D eigenvalue weighted by molar-refractivity contribution is -0.0406. The minimum Gasteiger partial charge on any atom is -0.490 e. The molecule has 0 bridgehead atoms. The second-order valence-electron chi connectivity index (χ2n) is 5.02. The van der Waals surface area contributed by atoms with Crippen molar-refractivity contribution in [1.29, 1.82) is 0 Å². The molecule has 1 aromatic carbocycles. The summed E-state index contributed by atoms with van der Waals surface area (Å²) in [5.41, 5.74) is 6.42. The van der Waals surface area contributed by atoms with E-state index in [2.05, 4.69) is 11.9 Å². The smallest absolute Gasteiger partial charge is 0.161 e. The number of likely N-dealkylation sites (N-methyl/N-ethyl adjacent to an activating group) is 1. The standard InChI is InChI=1S/C15H22N2O3S/c1-3-18-14-8-11(15(16)21)4-5-13(14)20-10-12-9-17(2)6-7-19-12/h4-5,8,12H,3,6-7,9-10H2,1-2H3,(H2,16,21). The fraction of sp³-hybridized carbons (Fsp3) is 0.533. The predicted molar refractivity (Wildman–Crippen MR) is 86.2 cm³/mol. The lowest BCUT2D eigenvalue weighted by atomic mass is 10.2. The largest absolute Gasteiger partial charge is 0.490 e. The third-order valence-electron chi connectivity index (χ3n) is 3.29. The molecule has 0 saturated carbocycles. The van der Waals surface area contributed by atoms with E-state index < -0.39 is 0 Å². The molecule has 0 radical (unpaired) electrons. The molecule has 5 nitrogen and oxygen atoms in total. The summed E-state index contributed by atoms with van der Waals surface area (Å²) in [4.78, 5) is 2.58. The van der Waals surface area contributed by atoms with Gasteiger partial charge in [0.1, 0.15) is 17.7 Å². The first-order chi connectivity index (χ1) is 10.1. The molecule has 2 rings (SSSR count). The zero-order valence-corrected chi connectivity index (χ0v) is 13.3. The van der Waals surface area contributed by atoms with Crippen LogP contribution >= 0.6 is 12.2 Å². The van der Waals surface area contributed by atoms with Crippen LogP contribution in [-0.4, -0.2) is 56.0 Å². The first kappa shape index (κ1) is 16.0. The molecule has 6 heteroatoms. The zero-order valence-electron chi connectivity index (χ0n) is 12.5. The normalized spacial score (nSPS) is 19.2. The SMILES string of the molecule is CCOc1cc(C(N)=S)ccc1OCC1CN(C)CCO1. The Morgan fingerprint density at radius 2 is 2.24 bits per heavy atom. The highest BCUT2D eigenvalue weighted by Gasteiger charge is 2.19. The molecule has 1 aromatic rings. The van der Waals surface area contributed by atoms with Gasteiger partial charge in [-0.3, -0.25) is 0 Å². The summed E-state index contributed by atoms with van der Waals surface area (Å²) in [6.45, 7) is 5.55. The average molecular weight is 310 g/mol. The van der Waals surface area contributed by atoms with Crippen molar-refractivity contribution in [2.45, 2.75) is 13.0 Å². The van der Waals surface area contributed by atoms with Crippen LogP contribution in [0.4, 0.5) is 0 Å². The maximum absolute atomic E-state index is 5.85. The Morgan fingerprint density at radius 1 is 1.43 bits per heavy atom. The van der Waals surface area contributed by atoms with E-state index >= 15 is 0 Å². The molecular formula is C15H22N2O3S. The second-order valence-corrected chi connectivity index (χ2v) is 5.46. The van der Waals surface area contributed by atoms with Gasteiger partial charge < -0.3 is 24.8 Å². The highest BCUT2D eigenvalue weighted by molar-refractivity contribution is 7.80. The van der Waals surface area contributed by atoms with Gasteiger partial charge in [0.15, 0.2) is 11.5 Å². The van der Waals surface area contributed by atoms with E-state index in [1.807, 2.05) is 25.1 Å². The van der Waals surface area contributed by atoms with Gasteiger partial charge in [0.2, 0.25) is 0 Å². The molecular weight excluding hydrogens is 288 g/mol. The number of hydrogen-bond acceptors (Lipinski definition) is 5. The van der Waals surface area contributed by atoms with E-state index in [0.717, 1.165) is 25.3 Å². The van der Waals surface area contributed by atoms with Gasteiger partial charge in [0.05, 0.1) is 13.2 Å². The Balaban J connectivity index is 2.02. The van der Waals surface area contributed by atoms with Crippen molar-refractivity contribution in [1.82, 2.24) is 4.90 Å². The van der Waals surface area contributed by atoms with Gasteiger partial charge in [0.25, 0.3) is 0 Å². The summed E-state index contributed by atoms with van der Waals surface area (Å²) in [5, 5.41) is 0. The van der Waals surface area contributed by atoms with Crippen LogP contribution in [0.2, 0.25) is 0 Å². The van der Waals surface area contributed by atoms with Crippen molar-refractivity contribution in [2.75, 3.05) is 40.0 Å². The van der Waals surface area contributed by atoms with Gasteiger partial charge in [-0.25, -0.2) is 0 Å². The number of morpholine rings is 1. The molecule has 1 fully saturated rings. The third-order valence-corrected chi connectivity index (χ3v) is 3.53. The number of nitrogens with two attached hydrogens (primary N) is 1. The Labute approximate surface area is 131 Å². The first-order valence-electron chi connectivity index (χ1n) is 7.09. The molecule has 0 aromatic heterocycles. The number of thiocarbonyl (C=S) groups is 1. The summed E-state index contributed by atoms with van der Waals surface area (Å²) >= 11 is 4.98. The summed E-state index contributed by atoms with van der Waals surface area (Å²) in [5.74, 6) is 1.35. The van der Waals surface area contributed by atoms with Crippen molar-refractivity contribution in [2.24, 2.45) is 5.73 Å². The van der Waals surface area contributed by atoms with Gasteiger partial charge in [-0.15, -0.1) is 0 Å². The number of hydrogen-bond donors (Lipinski definition) is 1. The lowest BCUT2D eigenvalue weighted by Gasteiger charge is -2.30. The van der Waals surface area contributed by atoms with Crippen molar-refractivity contribution in [3.05, 3.63) is 23.8 Å². The monoisotopic (exact) mass is 310 g/mol. The van der Waals surface area contributed by atoms with Crippen LogP contribution in [0.3, 0.4) is 0 Å². The van der Waals surface area contributed by atoms with Gasteiger partial charge in [-0.2, -0.15) is 0 Å². The van der Waals surface area contributed by atoms with E-state index in [1.165, 1.54) is 0 Å². The van der Waals surface area contributed by atoms with E-state index in [-0.39, 0.29) is 6.10 Å². The number of ether oxygens (including phenoxy) is 3. The minimum absolute atomic E-state index is 0.0773. The van der Waals surface area contributed by atoms with Gasteiger partial charge in [-0.05, 0) is 32.2 Å². The fourth-order valence-corrected chi connectivity index (χ4v) is 2.33. The van der Waals surface area contributed by atoms with Crippen molar-refractivity contribution in [3.63, 3.8) is 0 Å².